The van der Waals surface area contributed by atoms with Crippen LogP contribution in [0.5, 0.6) is 0 Å². The molecule has 2 nitrogen and oxygen atoms in total. The van der Waals surface area contributed by atoms with Gasteiger partial charge in [-0.25, -0.2) is 0 Å². The van der Waals surface area contributed by atoms with Gasteiger partial charge in [-0.2, -0.15) is 5.10 Å². The summed E-state index contributed by atoms with van der Waals surface area (Å²) in [7, 11) is 0. The Hall–Kier alpha value is 0.701. The van der Waals surface area contributed by atoms with Crippen LogP contribution < -0.4 is 56.8 Å². The van der Waals surface area contributed by atoms with Gasteiger partial charge in [-0.15, -0.1) is 0 Å². The Morgan fingerprint density at radius 3 is 2.00 bits per heavy atom. The minimum absolute atomic E-state index is 0. The number of halogens is 3. The van der Waals surface area contributed by atoms with Crippen molar-refractivity contribution in [2.24, 2.45) is 0 Å². The molecule has 0 spiro atoms. The van der Waals surface area contributed by atoms with Crippen LogP contribution in [0.4, 0.5) is 12.9 Å². The summed E-state index contributed by atoms with van der Waals surface area (Å²) in [6.07, 6.45) is 1.91. The van der Waals surface area contributed by atoms with Crippen LogP contribution in [0.25, 0.3) is 0 Å². The van der Waals surface area contributed by atoms with Crippen molar-refractivity contribution < 1.29 is 64.3 Å². The van der Waals surface area contributed by atoms with Crippen LogP contribution >= 0.6 is 0 Å². The number of aromatic nitrogens is 2. The summed E-state index contributed by atoms with van der Waals surface area (Å²) in [5.74, 6) is 0. The van der Waals surface area contributed by atoms with E-state index < -0.39 is 18.0 Å². The Kier molecular flexibility index (Phi) is 4.93. The van der Waals surface area contributed by atoms with Crippen LogP contribution in [-0.2, 0) is 5.54 Å². The van der Waals surface area contributed by atoms with Crippen LogP contribution in [0.15, 0.2) is 12.4 Å². The van der Waals surface area contributed by atoms with Crippen molar-refractivity contribution in [3.8, 4) is 0 Å². The first-order chi connectivity index (χ1) is 5.71. The van der Waals surface area contributed by atoms with Gasteiger partial charge in [-0.3, -0.25) is 4.68 Å². The zero-order valence-corrected chi connectivity index (χ0v) is 11.9. The van der Waals surface area contributed by atoms with E-state index in [2.05, 4.69) is 5.10 Å². The summed E-state index contributed by atoms with van der Waals surface area (Å²) < 4.78 is 37.9. The Balaban J connectivity index is 0.00000169. The van der Waals surface area contributed by atoms with E-state index in [1.807, 2.05) is 0 Å². The van der Waals surface area contributed by atoms with Crippen molar-refractivity contribution in [2.45, 2.75) is 26.3 Å². The standard InChI is InChI=1S/C7H11BF3N2.K/c1-7(2,3)13-5-6(4-12-13)8(9,10)11;/h4-5H,1-3H3;/q-1;+1. The molecule has 7 heteroatoms. The molecule has 1 aromatic rings. The van der Waals surface area contributed by atoms with Gasteiger partial charge in [0.15, 0.2) is 0 Å². The van der Waals surface area contributed by atoms with Gasteiger partial charge in [0.2, 0.25) is 0 Å². The third-order valence-corrected chi connectivity index (χ3v) is 1.67. The molecule has 0 saturated carbocycles. The summed E-state index contributed by atoms with van der Waals surface area (Å²) in [5, 5.41) is 3.67. The summed E-state index contributed by atoms with van der Waals surface area (Å²) >= 11 is 0. The Morgan fingerprint density at radius 2 is 1.79 bits per heavy atom. The van der Waals surface area contributed by atoms with Crippen molar-refractivity contribution in [2.75, 3.05) is 0 Å². The predicted octanol–water partition coefficient (Wildman–Crippen LogP) is -1.30. The van der Waals surface area contributed by atoms with Crippen LogP contribution in [0.1, 0.15) is 20.8 Å². The minimum atomic E-state index is -4.92. The van der Waals surface area contributed by atoms with E-state index >= 15 is 0 Å². The number of nitrogens with zero attached hydrogens (tertiary/aromatic N) is 2. The molecule has 0 aliphatic carbocycles. The first-order valence-corrected chi connectivity index (χ1v) is 3.96. The van der Waals surface area contributed by atoms with E-state index in [0.717, 1.165) is 12.4 Å². The fraction of sp³-hybridized carbons (Fsp3) is 0.571. The van der Waals surface area contributed by atoms with Gasteiger partial charge >= 0.3 is 58.4 Å². The van der Waals surface area contributed by atoms with Gasteiger partial charge in [0.05, 0.1) is 5.54 Å². The van der Waals surface area contributed by atoms with Gasteiger partial charge in [0.25, 0.3) is 0 Å². The van der Waals surface area contributed by atoms with Crippen molar-refractivity contribution in [1.29, 1.82) is 0 Å². The summed E-state index contributed by atoms with van der Waals surface area (Å²) in [4.78, 5) is 0. The van der Waals surface area contributed by atoms with Crippen LogP contribution in [-0.4, -0.2) is 16.8 Å². The van der Waals surface area contributed by atoms with Crippen LogP contribution in [0.3, 0.4) is 0 Å². The zero-order valence-electron chi connectivity index (χ0n) is 8.76. The van der Waals surface area contributed by atoms with E-state index in [-0.39, 0.29) is 51.4 Å². The molecule has 0 fully saturated rings. The van der Waals surface area contributed by atoms with Crippen LogP contribution in [0, 0.1) is 0 Å². The van der Waals surface area contributed by atoms with Crippen molar-refractivity contribution in [3.63, 3.8) is 0 Å². The first kappa shape index (κ1) is 14.7. The second kappa shape index (κ2) is 4.69. The smallest absolute Gasteiger partial charge is 0.445 e. The average molecular weight is 230 g/mol. The molecule has 14 heavy (non-hydrogen) atoms. The maximum absolute atomic E-state index is 12.2. The fourth-order valence-electron chi connectivity index (χ4n) is 0.873. The second-order valence-electron chi connectivity index (χ2n) is 3.96. The van der Waals surface area contributed by atoms with Gasteiger partial charge in [0, 0.05) is 6.20 Å². The molecular formula is C7H11BF3KN2. The average Bonchev–Trinajstić information content (AvgIpc) is 2.28. The van der Waals surface area contributed by atoms with Crippen molar-refractivity contribution in [1.82, 2.24) is 9.78 Å². The van der Waals surface area contributed by atoms with E-state index in [4.69, 9.17) is 0 Å². The summed E-state index contributed by atoms with van der Waals surface area (Å²) in [5.41, 5.74) is -1.05. The second-order valence-corrected chi connectivity index (χ2v) is 3.96. The largest absolute Gasteiger partial charge is 1.00 e. The molecule has 0 atom stereocenters. The number of hydrogen-bond donors (Lipinski definition) is 0. The molecule has 0 radical (unpaired) electrons. The molecule has 0 unspecified atom stereocenters. The molecule has 0 aliphatic rings. The molecule has 0 bridgehead atoms. The van der Waals surface area contributed by atoms with E-state index in [1.54, 1.807) is 20.8 Å². The SMILES string of the molecule is CC(C)(C)n1cc([B-](F)(F)F)cn1.[K+]. The van der Waals surface area contributed by atoms with Gasteiger partial charge in [0.1, 0.15) is 0 Å². The number of hydrogen-bond acceptors (Lipinski definition) is 1. The Labute approximate surface area is 124 Å². The fourth-order valence-corrected chi connectivity index (χ4v) is 0.873. The zero-order chi connectivity index (χ0) is 10.3. The van der Waals surface area contributed by atoms with Gasteiger partial charge in [-0.1, -0.05) is 5.46 Å². The van der Waals surface area contributed by atoms with E-state index in [9.17, 15) is 12.9 Å². The minimum Gasteiger partial charge on any atom is -0.445 e. The maximum atomic E-state index is 12.2. The van der Waals surface area contributed by atoms with E-state index in [1.165, 1.54) is 4.68 Å². The molecule has 1 aromatic heterocycles. The number of rotatable bonds is 1. The normalized spacial score (nSPS) is 12.4. The third kappa shape index (κ3) is 3.69. The Bertz CT molecular complexity index is 274. The molecule has 1 heterocycles. The van der Waals surface area contributed by atoms with Crippen molar-refractivity contribution >= 4 is 12.4 Å². The van der Waals surface area contributed by atoms with Crippen molar-refractivity contribution in [3.05, 3.63) is 12.4 Å². The quantitative estimate of drug-likeness (QED) is 0.548. The topological polar surface area (TPSA) is 17.8 Å². The molecule has 0 amide bonds. The molecular weight excluding hydrogens is 219 g/mol. The van der Waals surface area contributed by atoms with Gasteiger partial charge < -0.3 is 12.9 Å². The predicted molar refractivity (Wildman–Crippen MR) is 45.9 cm³/mol. The first-order valence-electron chi connectivity index (χ1n) is 3.96. The molecule has 0 N–H and O–H groups in total. The molecule has 74 valence electrons. The van der Waals surface area contributed by atoms with Gasteiger partial charge in [-0.05, 0) is 27.0 Å². The molecule has 0 aliphatic heterocycles. The van der Waals surface area contributed by atoms with Crippen LogP contribution in [0.2, 0.25) is 0 Å². The summed E-state index contributed by atoms with van der Waals surface area (Å²) in [6.45, 7) is 0.477. The summed E-state index contributed by atoms with van der Waals surface area (Å²) in [6, 6.07) is 0. The Morgan fingerprint density at radius 1 is 1.29 bits per heavy atom. The molecule has 0 saturated heterocycles. The monoisotopic (exact) mass is 230 g/mol. The molecule has 1 rings (SSSR count). The maximum Gasteiger partial charge on any atom is 1.00 e. The van der Waals surface area contributed by atoms with E-state index in [0.29, 0.717) is 0 Å². The molecule has 0 aromatic carbocycles. The third-order valence-electron chi connectivity index (χ3n) is 1.67.